The number of nitrogens with zero attached hydrogens (tertiary/aromatic N) is 1. The second-order valence-corrected chi connectivity index (χ2v) is 7.68. The number of aromatic nitrogens is 1. The van der Waals surface area contributed by atoms with Gasteiger partial charge < -0.3 is 5.32 Å². The molecule has 1 aromatic heterocycles. The fraction of sp³-hybridized carbons (Fsp3) is 0.105. The van der Waals surface area contributed by atoms with Crippen molar-refractivity contribution in [2.75, 3.05) is 5.32 Å². The molecule has 2 nitrogen and oxygen atoms in total. The van der Waals surface area contributed by atoms with Crippen molar-refractivity contribution in [3.05, 3.63) is 70.2 Å². The lowest BCUT2D eigenvalue weighted by Gasteiger charge is -1.95. The molecule has 4 rings (SSSR count). The van der Waals surface area contributed by atoms with Crippen LogP contribution in [0.25, 0.3) is 16.3 Å². The van der Waals surface area contributed by atoms with Gasteiger partial charge in [0, 0.05) is 16.5 Å². The highest BCUT2D eigenvalue weighted by atomic mass is 32.2. The first kappa shape index (κ1) is 14.5. The van der Waals surface area contributed by atoms with Crippen LogP contribution in [0, 0.1) is 6.92 Å². The number of aryl methyl sites for hydroxylation is 2. The maximum absolute atomic E-state index is 3.44. The molecule has 23 heavy (non-hydrogen) atoms. The summed E-state index contributed by atoms with van der Waals surface area (Å²) in [7, 11) is 2.14. The second kappa shape index (κ2) is 5.87. The summed E-state index contributed by atoms with van der Waals surface area (Å²) in [6.45, 7) is 2.17. The van der Waals surface area contributed by atoms with Crippen LogP contribution in [0.4, 0.5) is 5.69 Å². The van der Waals surface area contributed by atoms with Crippen LogP contribution >= 0.6 is 23.1 Å². The molecular formula is C19H17N2S2+. The molecule has 0 bridgehead atoms. The Morgan fingerprint density at radius 3 is 2.78 bits per heavy atom. The summed E-state index contributed by atoms with van der Waals surface area (Å²) in [6, 6.07) is 14.9. The van der Waals surface area contributed by atoms with Gasteiger partial charge in [-0.3, -0.25) is 0 Å². The molecule has 0 aliphatic carbocycles. The summed E-state index contributed by atoms with van der Waals surface area (Å²) in [6.07, 6.45) is 6.45. The van der Waals surface area contributed by atoms with E-state index in [0.717, 1.165) is 0 Å². The fourth-order valence-electron chi connectivity index (χ4n) is 2.81. The van der Waals surface area contributed by atoms with Crippen molar-refractivity contribution in [2.45, 2.75) is 11.8 Å². The van der Waals surface area contributed by atoms with Gasteiger partial charge in [-0.15, -0.1) is 0 Å². The highest BCUT2D eigenvalue weighted by Crippen LogP contribution is 2.40. The zero-order chi connectivity index (χ0) is 15.8. The van der Waals surface area contributed by atoms with Gasteiger partial charge in [0.15, 0.2) is 0 Å². The second-order valence-electron chi connectivity index (χ2n) is 5.53. The summed E-state index contributed by atoms with van der Waals surface area (Å²) in [4.78, 5) is 1.29. The molecule has 0 saturated carbocycles. The van der Waals surface area contributed by atoms with Gasteiger partial charge in [-0.1, -0.05) is 53.4 Å². The Bertz CT molecular complexity index is 924. The molecule has 0 atom stereocenters. The van der Waals surface area contributed by atoms with Crippen molar-refractivity contribution in [3.8, 4) is 0 Å². The van der Waals surface area contributed by atoms with Crippen molar-refractivity contribution in [1.29, 1.82) is 0 Å². The molecule has 1 aliphatic heterocycles. The number of hydrogen-bond donors (Lipinski definition) is 1. The van der Waals surface area contributed by atoms with Crippen LogP contribution in [0.2, 0.25) is 0 Å². The minimum Gasteiger partial charge on any atom is -0.349 e. The maximum Gasteiger partial charge on any atom is 0.262 e. The van der Waals surface area contributed by atoms with Crippen molar-refractivity contribution in [2.24, 2.45) is 7.05 Å². The molecular weight excluding hydrogens is 320 g/mol. The van der Waals surface area contributed by atoms with Gasteiger partial charge in [0.05, 0.1) is 10.7 Å². The number of thiazole rings is 1. The number of benzene rings is 2. The Morgan fingerprint density at radius 1 is 1.09 bits per heavy atom. The van der Waals surface area contributed by atoms with Gasteiger partial charge >= 0.3 is 0 Å². The molecule has 0 spiro atoms. The van der Waals surface area contributed by atoms with E-state index in [2.05, 4.69) is 84.5 Å². The molecule has 2 aromatic carbocycles. The van der Waals surface area contributed by atoms with Crippen LogP contribution in [-0.2, 0) is 7.05 Å². The van der Waals surface area contributed by atoms with Gasteiger partial charge in [-0.05, 0) is 31.2 Å². The largest absolute Gasteiger partial charge is 0.349 e. The van der Waals surface area contributed by atoms with E-state index < -0.39 is 0 Å². The zero-order valence-electron chi connectivity index (χ0n) is 13.0. The van der Waals surface area contributed by atoms with Crippen molar-refractivity contribution < 1.29 is 4.57 Å². The normalized spacial score (nSPS) is 15.5. The predicted octanol–water partition coefficient (Wildman–Crippen LogP) is 5.11. The average molecular weight is 337 g/mol. The summed E-state index contributed by atoms with van der Waals surface area (Å²) in [5.74, 6) is 0. The minimum absolute atomic E-state index is 1.17. The number of nitrogens with one attached hydrogen (secondary N) is 1. The van der Waals surface area contributed by atoms with E-state index in [-0.39, 0.29) is 0 Å². The number of para-hydroxylation sites is 2. The van der Waals surface area contributed by atoms with Crippen LogP contribution in [0.5, 0.6) is 0 Å². The number of fused-ring (bicyclic) bond motifs is 2. The smallest absolute Gasteiger partial charge is 0.262 e. The Labute approximate surface area is 144 Å². The first-order valence-corrected chi connectivity index (χ1v) is 9.16. The topological polar surface area (TPSA) is 15.9 Å². The van der Waals surface area contributed by atoms with Crippen LogP contribution < -0.4 is 9.88 Å². The van der Waals surface area contributed by atoms with Crippen LogP contribution in [0.3, 0.4) is 0 Å². The first-order chi connectivity index (χ1) is 11.2. The SMILES string of the molecule is Cc1cccc2sc(C=CC=C3Nc4ccccc4S3)[n+](C)c12. The molecule has 0 fully saturated rings. The Balaban J connectivity index is 1.60. The Morgan fingerprint density at radius 2 is 1.96 bits per heavy atom. The van der Waals surface area contributed by atoms with E-state index in [1.165, 1.54) is 36.4 Å². The summed E-state index contributed by atoms with van der Waals surface area (Å²) < 4.78 is 3.61. The Kier molecular flexibility index (Phi) is 3.71. The number of rotatable bonds is 2. The van der Waals surface area contributed by atoms with E-state index in [1.54, 1.807) is 11.8 Å². The molecule has 0 saturated heterocycles. The van der Waals surface area contributed by atoms with Gasteiger partial charge in [0.2, 0.25) is 5.52 Å². The highest BCUT2D eigenvalue weighted by molar-refractivity contribution is 8.03. The molecule has 0 amide bonds. The third-order valence-electron chi connectivity index (χ3n) is 3.93. The van der Waals surface area contributed by atoms with Gasteiger partial charge in [0.25, 0.3) is 5.01 Å². The highest BCUT2D eigenvalue weighted by Gasteiger charge is 2.16. The molecule has 0 unspecified atom stereocenters. The van der Waals surface area contributed by atoms with E-state index in [0.29, 0.717) is 0 Å². The van der Waals surface area contributed by atoms with E-state index in [4.69, 9.17) is 0 Å². The molecule has 2 heterocycles. The molecule has 0 radical (unpaired) electrons. The van der Waals surface area contributed by atoms with Crippen molar-refractivity contribution >= 4 is 45.1 Å². The monoisotopic (exact) mass is 337 g/mol. The van der Waals surface area contributed by atoms with E-state index in [9.17, 15) is 0 Å². The number of allylic oxidation sites excluding steroid dienone is 2. The van der Waals surface area contributed by atoms with Gasteiger partial charge in [0.1, 0.15) is 11.7 Å². The molecule has 4 heteroatoms. The summed E-state index contributed by atoms with van der Waals surface area (Å²) >= 11 is 3.61. The molecule has 114 valence electrons. The van der Waals surface area contributed by atoms with Crippen LogP contribution in [0.1, 0.15) is 10.6 Å². The molecule has 1 N–H and O–H groups in total. The van der Waals surface area contributed by atoms with Crippen LogP contribution in [0.15, 0.2) is 64.5 Å². The molecule has 3 aromatic rings. The maximum atomic E-state index is 3.44. The van der Waals surface area contributed by atoms with Crippen molar-refractivity contribution in [3.63, 3.8) is 0 Å². The number of hydrogen-bond acceptors (Lipinski definition) is 3. The van der Waals surface area contributed by atoms with Gasteiger partial charge in [-0.2, -0.15) is 4.57 Å². The number of thioether (sulfide) groups is 1. The lowest BCUT2D eigenvalue weighted by atomic mass is 10.2. The summed E-state index contributed by atoms with van der Waals surface area (Å²) in [5, 5.41) is 5.87. The van der Waals surface area contributed by atoms with Crippen molar-refractivity contribution in [1.82, 2.24) is 0 Å². The quantitative estimate of drug-likeness (QED) is 0.654. The van der Waals surface area contributed by atoms with Gasteiger partial charge in [-0.25, -0.2) is 0 Å². The van der Waals surface area contributed by atoms with E-state index in [1.807, 2.05) is 11.3 Å². The third-order valence-corrected chi connectivity index (χ3v) is 6.13. The third kappa shape index (κ3) is 2.69. The first-order valence-electron chi connectivity index (χ1n) is 7.53. The molecule has 1 aliphatic rings. The lowest BCUT2D eigenvalue weighted by Crippen LogP contribution is -2.29. The Hall–Kier alpha value is -2.04. The standard InChI is InChI=1S/C19H16N2S2/c1-13-7-5-10-16-19(13)21(2)18(23-16)12-6-11-17-20-14-8-3-4-9-15(14)22-17/h3-12H,1-2H3/p+1. The number of anilines is 1. The zero-order valence-corrected chi connectivity index (χ0v) is 14.7. The fourth-order valence-corrected chi connectivity index (χ4v) is 4.87. The lowest BCUT2D eigenvalue weighted by molar-refractivity contribution is -0.642. The predicted molar refractivity (Wildman–Crippen MR) is 101 cm³/mol. The minimum atomic E-state index is 1.17. The average Bonchev–Trinajstić information content (AvgIpc) is 3.09. The van der Waals surface area contributed by atoms with E-state index >= 15 is 0 Å². The summed E-state index contributed by atoms with van der Waals surface area (Å²) in [5.41, 5.74) is 3.84. The van der Waals surface area contributed by atoms with Crippen LogP contribution in [-0.4, -0.2) is 0 Å².